The number of halogens is 1. The van der Waals surface area contributed by atoms with Crippen LogP contribution in [0.15, 0.2) is 59.5 Å². The van der Waals surface area contributed by atoms with Crippen LogP contribution in [0, 0.1) is 0 Å². The molecule has 1 aliphatic rings. The van der Waals surface area contributed by atoms with Crippen LogP contribution in [-0.2, 0) is 23.4 Å². The third kappa shape index (κ3) is 6.72. The molecule has 4 atom stereocenters. The molecular formula is C24H28FN4O7P. The summed E-state index contributed by atoms with van der Waals surface area (Å²) in [6.45, 7) is 2.57. The Kier molecular flexibility index (Phi) is 8.23. The number of hydrogen-bond acceptors (Lipinski definition) is 9. The lowest BCUT2D eigenvalue weighted by Gasteiger charge is -2.22. The van der Waals surface area contributed by atoms with Gasteiger partial charge in [0.2, 0.25) is 0 Å². The van der Waals surface area contributed by atoms with Crippen LogP contribution in [0.25, 0.3) is 10.8 Å². The van der Waals surface area contributed by atoms with E-state index in [-0.39, 0.29) is 30.7 Å². The summed E-state index contributed by atoms with van der Waals surface area (Å²) < 4.78 is 51.6. The van der Waals surface area contributed by atoms with Crippen LogP contribution < -0.4 is 21.0 Å². The zero-order valence-electron chi connectivity index (χ0n) is 20.3. The van der Waals surface area contributed by atoms with E-state index in [1.165, 1.54) is 12.3 Å². The summed E-state index contributed by atoms with van der Waals surface area (Å²) in [4.78, 5) is 27.8. The number of aromatic nitrogens is 2. The molecule has 4 rings (SSSR count). The first-order chi connectivity index (χ1) is 17.6. The van der Waals surface area contributed by atoms with Crippen molar-refractivity contribution in [2.75, 3.05) is 18.9 Å². The van der Waals surface area contributed by atoms with E-state index >= 15 is 0 Å². The van der Waals surface area contributed by atoms with Crippen molar-refractivity contribution in [1.82, 2.24) is 14.6 Å². The monoisotopic (exact) mass is 534 g/mol. The summed E-state index contributed by atoms with van der Waals surface area (Å²) in [6, 6.07) is 13.9. The molecule has 0 spiro atoms. The number of benzene rings is 2. The van der Waals surface area contributed by atoms with E-state index in [9.17, 15) is 18.5 Å². The van der Waals surface area contributed by atoms with Gasteiger partial charge >= 0.3 is 19.4 Å². The summed E-state index contributed by atoms with van der Waals surface area (Å²) >= 11 is 0. The highest BCUT2D eigenvalue weighted by Crippen LogP contribution is 2.47. The number of nitrogens with zero attached hydrogens (tertiary/aromatic N) is 2. The largest absolute Gasteiger partial charge is 0.462 e. The lowest BCUT2D eigenvalue weighted by atomic mass is 10.1. The fourth-order valence-electron chi connectivity index (χ4n) is 3.83. The Labute approximate surface area is 212 Å². The number of rotatable bonds is 10. The first-order valence-corrected chi connectivity index (χ1v) is 13.2. The van der Waals surface area contributed by atoms with Gasteiger partial charge in [0.25, 0.3) is 0 Å². The maximum absolute atomic E-state index is 14.7. The van der Waals surface area contributed by atoms with Gasteiger partial charge in [0.1, 0.15) is 24.3 Å². The van der Waals surface area contributed by atoms with Crippen molar-refractivity contribution in [3.8, 4) is 5.75 Å². The number of carbonyl (C=O) groups excluding carboxylic acids is 1. The Morgan fingerprint density at radius 2 is 2.03 bits per heavy atom. The van der Waals surface area contributed by atoms with Gasteiger partial charge in [-0.05, 0) is 31.4 Å². The predicted molar refractivity (Wildman–Crippen MR) is 134 cm³/mol. The Morgan fingerprint density at radius 1 is 1.27 bits per heavy atom. The summed E-state index contributed by atoms with van der Waals surface area (Å²) in [5, 5.41) is 4.04. The number of nitrogens with two attached hydrogens (primary N) is 1. The molecule has 1 aromatic heterocycles. The Bertz CT molecular complexity index is 1360. The van der Waals surface area contributed by atoms with E-state index in [1.807, 2.05) is 18.2 Å². The maximum Gasteiger partial charge on any atom is 0.459 e. The van der Waals surface area contributed by atoms with E-state index in [2.05, 4.69) is 10.1 Å². The highest BCUT2D eigenvalue weighted by Gasteiger charge is 2.39. The fourth-order valence-corrected chi connectivity index (χ4v) is 5.14. The van der Waals surface area contributed by atoms with Crippen molar-refractivity contribution < 1.29 is 32.3 Å². The van der Waals surface area contributed by atoms with E-state index in [4.69, 9.17) is 24.3 Å². The third-order valence-electron chi connectivity index (χ3n) is 5.44. The van der Waals surface area contributed by atoms with Crippen LogP contribution in [0.5, 0.6) is 5.75 Å². The molecule has 0 bridgehead atoms. The predicted octanol–water partition coefficient (Wildman–Crippen LogP) is 3.35. The third-order valence-corrected chi connectivity index (χ3v) is 6.91. The Hall–Kier alpha value is -3.31. The van der Waals surface area contributed by atoms with Crippen LogP contribution in [0.1, 0.15) is 26.5 Å². The maximum atomic E-state index is 14.7. The highest BCUT2D eigenvalue weighted by molar-refractivity contribution is 7.52. The molecule has 1 fully saturated rings. The molecule has 0 saturated carbocycles. The molecule has 1 saturated heterocycles. The molecule has 198 valence electrons. The van der Waals surface area contributed by atoms with E-state index in [0.717, 1.165) is 9.95 Å². The molecule has 4 unspecified atom stereocenters. The molecule has 1 aliphatic heterocycles. The van der Waals surface area contributed by atoms with Gasteiger partial charge in [-0.15, -0.1) is 0 Å². The van der Waals surface area contributed by atoms with Crippen LogP contribution in [0.4, 0.5) is 10.2 Å². The molecule has 11 nitrogen and oxygen atoms in total. The first kappa shape index (κ1) is 26.7. The van der Waals surface area contributed by atoms with Gasteiger partial charge < -0.3 is 19.7 Å². The Morgan fingerprint density at radius 3 is 2.78 bits per heavy atom. The number of ether oxygens (including phenoxy) is 2. The van der Waals surface area contributed by atoms with Gasteiger partial charge in [0.05, 0.1) is 18.8 Å². The normalized spacial score (nSPS) is 21.1. The lowest BCUT2D eigenvalue weighted by Crippen LogP contribution is -2.31. The number of fused-ring (bicyclic) bond motifs is 1. The SMILES string of the molecule is CC(C)OC(=O)CNP(=O)(OCC1CC(F)C(n2ccc(N)nc2=O)O1)Oc1cccc2ccccc12. The van der Waals surface area contributed by atoms with Crippen LogP contribution in [0.3, 0.4) is 0 Å². The van der Waals surface area contributed by atoms with Crippen LogP contribution in [0.2, 0.25) is 0 Å². The second-order valence-corrected chi connectivity index (χ2v) is 10.4. The van der Waals surface area contributed by atoms with Crippen molar-refractivity contribution in [3.63, 3.8) is 0 Å². The van der Waals surface area contributed by atoms with Crippen molar-refractivity contribution in [3.05, 3.63) is 65.2 Å². The number of carbonyl (C=O) groups is 1. The molecule has 2 aromatic carbocycles. The van der Waals surface area contributed by atoms with Crippen LogP contribution in [-0.4, -0.2) is 47.1 Å². The molecule has 37 heavy (non-hydrogen) atoms. The van der Waals surface area contributed by atoms with Gasteiger partial charge in [-0.2, -0.15) is 4.98 Å². The van der Waals surface area contributed by atoms with E-state index < -0.39 is 44.5 Å². The molecule has 2 heterocycles. The summed E-state index contributed by atoms with van der Waals surface area (Å²) in [5.41, 5.74) is 4.73. The topological polar surface area (TPSA) is 144 Å². The van der Waals surface area contributed by atoms with E-state index in [0.29, 0.717) is 5.39 Å². The van der Waals surface area contributed by atoms with Crippen molar-refractivity contribution in [2.45, 2.75) is 44.9 Å². The quantitative estimate of drug-likeness (QED) is 0.293. The summed E-state index contributed by atoms with van der Waals surface area (Å²) in [6.07, 6.45) is -2.87. The van der Waals surface area contributed by atoms with Crippen LogP contribution >= 0.6 is 7.75 Å². The molecule has 13 heteroatoms. The number of esters is 1. The summed E-state index contributed by atoms with van der Waals surface area (Å²) in [7, 11) is -4.17. The van der Waals surface area contributed by atoms with Crippen molar-refractivity contribution in [1.29, 1.82) is 0 Å². The van der Waals surface area contributed by atoms with Gasteiger partial charge in [-0.25, -0.2) is 18.8 Å². The van der Waals surface area contributed by atoms with Gasteiger partial charge in [-0.1, -0.05) is 36.4 Å². The van der Waals surface area contributed by atoms with Gasteiger partial charge in [0.15, 0.2) is 6.23 Å². The molecule has 3 N–H and O–H groups in total. The first-order valence-electron chi connectivity index (χ1n) is 11.6. The molecule has 3 aromatic rings. The minimum absolute atomic E-state index is 0.00290. The molecular weight excluding hydrogens is 506 g/mol. The summed E-state index contributed by atoms with van der Waals surface area (Å²) in [5.74, 6) is -0.390. The van der Waals surface area contributed by atoms with E-state index in [1.54, 1.807) is 38.1 Å². The fraction of sp³-hybridized carbons (Fsp3) is 0.375. The zero-order valence-corrected chi connectivity index (χ0v) is 21.2. The number of alkyl halides is 1. The standard InChI is InChI=1S/C24H28FN4O7P/c1-15(2)34-22(30)13-27-37(32,36-20-9-5-7-16-6-3-4-8-18(16)20)33-14-17-12-19(25)23(35-17)29-11-10-21(26)28-24(29)31/h3-11,15,17,19,23H,12-14H2,1-2H3,(H,27,32)(H2,26,28,31). The number of anilines is 1. The van der Waals surface area contributed by atoms with Gasteiger partial charge in [0, 0.05) is 18.0 Å². The molecule has 0 radical (unpaired) electrons. The average molecular weight is 534 g/mol. The van der Waals surface area contributed by atoms with Gasteiger partial charge in [-0.3, -0.25) is 13.9 Å². The number of nitrogen functional groups attached to an aromatic ring is 1. The zero-order chi connectivity index (χ0) is 26.6. The van der Waals surface area contributed by atoms with Crippen molar-refractivity contribution >= 4 is 30.3 Å². The average Bonchev–Trinajstić information content (AvgIpc) is 3.22. The minimum Gasteiger partial charge on any atom is -0.462 e. The van der Waals surface area contributed by atoms with Crippen molar-refractivity contribution in [2.24, 2.45) is 0 Å². The number of hydrogen-bond donors (Lipinski definition) is 2. The highest BCUT2D eigenvalue weighted by atomic mass is 31.2. The molecule has 0 amide bonds. The minimum atomic E-state index is -4.17. The second kappa shape index (κ2) is 11.4. The smallest absolute Gasteiger partial charge is 0.459 e. The molecule has 0 aliphatic carbocycles. The lowest BCUT2D eigenvalue weighted by molar-refractivity contribution is -0.145. The Balaban J connectivity index is 1.50. The number of nitrogens with one attached hydrogen (secondary N) is 1. The second-order valence-electron chi connectivity index (χ2n) is 8.68.